The van der Waals surface area contributed by atoms with Crippen molar-refractivity contribution >= 4 is 29.0 Å². The summed E-state index contributed by atoms with van der Waals surface area (Å²) in [6, 6.07) is 16.0. The molecule has 0 bridgehead atoms. The molecule has 138 valence electrons. The third-order valence-electron chi connectivity index (χ3n) is 4.69. The molecule has 0 atom stereocenters. The average molecular weight is 399 g/mol. The molecule has 1 aromatic heterocycles. The highest BCUT2D eigenvalue weighted by atomic mass is 35.5. The molecule has 2 heterocycles. The molecule has 6 heteroatoms. The van der Waals surface area contributed by atoms with Crippen molar-refractivity contribution in [3.63, 3.8) is 0 Å². The third-order valence-corrected chi connectivity index (χ3v) is 5.13. The van der Waals surface area contributed by atoms with Crippen LogP contribution in [0, 0.1) is 6.92 Å². The fraction of sp³-hybridized carbons (Fsp3) is 0.238. The Kier molecular flexibility index (Phi) is 5.30. The van der Waals surface area contributed by atoms with E-state index in [2.05, 4.69) is 44.5 Å². The zero-order valence-electron chi connectivity index (χ0n) is 15.0. The first-order valence-electron chi connectivity index (χ1n) is 8.92. The highest BCUT2D eigenvalue weighted by Gasteiger charge is 2.15. The minimum absolute atomic E-state index is 0.593. The molecule has 0 saturated carbocycles. The van der Waals surface area contributed by atoms with Gasteiger partial charge < -0.3 is 5.32 Å². The van der Waals surface area contributed by atoms with E-state index in [4.69, 9.17) is 23.2 Å². The topological polar surface area (TPSA) is 41.1 Å². The predicted molar refractivity (Wildman–Crippen MR) is 111 cm³/mol. The zero-order valence-corrected chi connectivity index (χ0v) is 16.6. The number of fused-ring (bicyclic) bond motifs is 1. The van der Waals surface area contributed by atoms with Gasteiger partial charge in [0.15, 0.2) is 0 Å². The van der Waals surface area contributed by atoms with E-state index in [9.17, 15) is 0 Å². The lowest BCUT2D eigenvalue weighted by Crippen LogP contribution is -2.34. The van der Waals surface area contributed by atoms with Gasteiger partial charge in [-0.15, -0.1) is 0 Å². The van der Waals surface area contributed by atoms with Crippen LogP contribution in [-0.2, 0) is 13.0 Å². The number of aryl methyl sites for hydroxylation is 1. The van der Waals surface area contributed by atoms with Crippen LogP contribution in [0.5, 0.6) is 0 Å². The maximum absolute atomic E-state index is 6.13. The molecule has 0 aliphatic carbocycles. The molecule has 3 aromatic rings. The van der Waals surface area contributed by atoms with Crippen LogP contribution in [-0.4, -0.2) is 28.1 Å². The SMILES string of the molecule is Cc1nc(NCN2CCc3ccccc3C2)cc(-c2cc(Cl)cc(Cl)c2)n1. The van der Waals surface area contributed by atoms with Gasteiger partial charge in [-0.3, -0.25) is 4.90 Å². The van der Waals surface area contributed by atoms with Gasteiger partial charge in [-0.2, -0.15) is 0 Å². The number of rotatable bonds is 4. The lowest BCUT2D eigenvalue weighted by atomic mass is 10.0. The summed E-state index contributed by atoms with van der Waals surface area (Å²) in [5.74, 6) is 1.50. The van der Waals surface area contributed by atoms with Gasteiger partial charge in [-0.1, -0.05) is 47.5 Å². The number of aromatic nitrogens is 2. The van der Waals surface area contributed by atoms with E-state index in [1.807, 2.05) is 25.1 Å². The minimum atomic E-state index is 0.593. The van der Waals surface area contributed by atoms with E-state index in [0.29, 0.717) is 15.9 Å². The summed E-state index contributed by atoms with van der Waals surface area (Å²) < 4.78 is 0. The maximum Gasteiger partial charge on any atom is 0.131 e. The van der Waals surface area contributed by atoms with E-state index in [-0.39, 0.29) is 0 Å². The van der Waals surface area contributed by atoms with Gasteiger partial charge in [-0.25, -0.2) is 9.97 Å². The molecule has 1 N–H and O–H groups in total. The van der Waals surface area contributed by atoms with Crippen molar-refractivity contribution in [1.29, 1.82) is 0 Å². The van der Waals surface area contributed by atoms with E-state index in [1.54, 1.807) is 6.07 Å². The lowest BCUT2D eigenvalue weighted by Gasteiger charge is -2.28. The zero-order chi connectivity index (χ0) is 18.8. The van der Waals surface area contributed by atoms with Crippen molar-refractivity contribution in [3.8, 4) is 11.3 Å². The molecule has 4 rings (SSSR count). The molecule has 0 radical (unpaired) electrons. The normalized spacial score (nSPS) is 14.0. The summed E-state index contributed by atoms with van der Waals surface area (Å²) >= 11 is 12.3. The van der Waals surface area contributed by atoms with Gasteiger partial charge in [0.25, 0.3) is 0 Å². The fourth-order valence-corrected chi connectivity index (χ4v) is 3.92. The largest absolute Gasteiger partial charge is 0.357 e. The molecule has 0 spiro atoms. The van der Waals surface area contributed by atoms with Crippen LogP contribution in [0.1, 0.15) is 17.0 Å². The van der Waals surface area contributed by atoms with Gasteiger partial charge in [0, 0.05) is 34.8 Å². The third kappa shape index (κ3) is 4.41. The molecule has 1 aliphatic heterocycles. The molecule has 0 amide bonds. The number of halogens is 2. The van der Waals surface area contributed by atoms with E-state index < -0.39 is 0 Å². The van der Waals surface area contributed by atoms with Crippen LogP contribution in [0.3, 0.4) is 0 Å². The van der Waals surface area contributed by atoms with E-state index in [1.165, 1.54) is 11.1 Å². The predicted octanol–water partition coefficient (Wildman–Crippen LogP) is 5.19. The Labute approximate surface area is 169 Å². The smallest absolute Gasteiger partial charge is 0.131 e. The number of nitrogens with zero attached hydrogens (tertiary/aromatic N) is 3. The monoisotopic (exact) mass is 398 g/mol. The van der Waals surface area contributed by atoms with Crippen LogP contribution < -0.4 is 5.32 Å². The van der Waals surface area contributed by atoms with Gasteiger partial charge in [0.1, 0.15) is 11.6 Å². The molecular weight excluding hydrogens is 379 g/mol. The Bertz CT molecular complexity index is 954. The van der Waals surface area contributed by atoms with Crippen LogP contribution in [0.25, 0.3) is 11.3 Å². The van der Waals surface area contributed by atoms with Crippen LogP contribution in [0.4, 0.5) is 5.82 Å². The first-order valence-corrected chi connectivity index (χ1v) is 9.67. The molecule has 27 heavy (non-hydrogen) atoms. The van der Waals surface area contributed by atoms with Crippen molar-refractivity contribution < 1.29 is 0 Å². The Morgan fingerprint density at radius 2 is 1.74 bits per heavy atom. The van der Waals surface area contributed by atoms with Gasteiger partial charge >= 0.3 is 0 Å². The Balaban J connectivity index is 1.49. The Morgan fingerprint density at radius 3 is 2.52 bits per heavy atom. The molecular formula is C21H20Cl2N4. The van der Waals surface area contributed by atoms with E-state index in [0.717, 1.165) is 43.3 Å². The summed E-state index contributed by atoms with van der Waals surface area (Å²) in [4.78, 5) is 11.4. The molecule has 0 unspecified atom stereocenters. The first-order chi connectivity index (χ1) is 13.1. The highest BCUT2D eigenvalue weighted by Crippen LogP contribution is 2.27. The van der Waals surface area contributed by atoms with Gasteiger partial charge in [0.05, 0.1) is 12.4 Å². The quantitative estimate of drug-likeness (QED) is 0.656. The molecule has 0 fully saturated rings. The van der Waals surface area contributed by atoms with Crippen molar-refractivity contribution in [3.05, 3.63) is 75.5 Å². The number of hydrogen-bond donors (Lipinski definition) is 1. The summed E-state index contributed by atoms with van der Waals surface area (Å²) in [6.07, 6.45) is 1.08. The van der Waals surface area contributed by atoms with Crippen LogP contribution >= 0.6 is 23.2 Å². The average Bonchev–Trinajstić information content (AvgIpc) is 2.65. The van der Waals surface area contributed by atoms with Gasteiger partial charge in [-0.05, 0) is 42.7 Å². The molecule has 0 saturated heterocycles. The maximum atomic E-state index is 6.13. The van der Waals surface area contributed by atoms with Crippen LogP contribution in [0.2, 0.25) is 10.0 Å². The standard InChI is InChI=1S/C21H20Cl2N4/c1-14-25-20(17-8-18(22)10-19(23)9-17)11-21(26-14)24-13-27-7-6-15-4-2-3-5-16(15)12-27/h2-5,8-11H,6-7,12-13H2,1H3,(H,24,25,26). The molecule has 2 aromatic carbocycles. The van der Waals surface area contributed by atoms with Gasteiger partial charge in [0.2, 0.25) is 0 Å². The highest BCUT2D eigenvalue weighted by molar-refractivity contribution is 6.35. The molecule has 4 nitrogen and oxygen atoms in total. The second kappa shape index (κ2) is 7.85. The number of nitrogens with one attached hydrogen (secondary N) is 1. The minimum Gasteiger partial charge on any atom is -0.357 e. The molecule has 1 aliphatic rings. The summed E-state index contributed by atoms with van der Waals surface area (Å²) in [5.41, 5.74) is 4.54. The second-order valence-corrected chi connectivity index (χ2v) is 7.62. The second-order valence-electron chi connectivity index (χ2n) is 6.75. The number of benzene rings is 2. The summed E-state index contributed by atoms with van der Waals surface area (Å²) in [7, 11) is 0. The van der Waals surface area contributed by atoms with Crippen LogP contribution in [0.15, 0.2) is 48.5 Å². The number of hydrogen-bond acceptors (Lipinski definition) is 4. The van der Waals surface area contributed by atoms with Crippen molar-refractivity contribution in [1.82, 2.24) is 14.9 Å². The number of anilines is 1. The Hall–Kier alpha value is -2.14. The van der Waals surface area contributed by atoms with Crippen molar-refractivity contribution in [2.75, 3.05) is 18.5 Å². The van der Waals surface area contributed by atoms with Crippen molar-refractivity contribution in [2.45, 2.75) is 19.9 Å². The first kappa shape index (κ1) is 18.2. The van der Waals surface area contributed by atoms with Crippen molar-refractivity contribution in [2.24, 2.45) is 0 Å². The summed E-state index contributed by atoms with van der Waals surface area (Å²) in [5, 5.41) is 4.62. The summed E-state index contributed by atoms with van der Waals surface area (Å²) in [6.45, 7) is 4.60. The van der Waals surface area contributed by atoms with E-state index >= 15 is 0 Å². The fourth-order valence-electron chi connectivity index (χ4n) is 3.39. The lowest BCUT2D eigenvalue weighted by molar-refractivity contribution is 0.272. The Morgan fingerprint density at radius 1 is 1.00 bits per heavy atom.